The summed E-state index contributed by atoms with van der Waals surface area (Å²) in [6.07, 6.45) is 0.414. The molecule has 0 fully saturated rings. The maximum absolute atomic E-state index is 13.7. The van der Waals surface area contributed by atoms with Gasteiger partial charge in [-0.3, -0.25) is 0 Å². The standard InChI is InChI=1S/C13H19FN2O3/c1-9(2)19-10-4-5-12(11(14)8-10)16-13(18)15-6-3-7-17/h4-5,8-9,17H,3,6-7H2,1-2H3,(H2,15,16,18). The lowest BCUT2D eigenvalue weighted by Gasteiger charge is -2.12. The Hall–Kier alpha value is -1.82. The molecule has 2 amide bonds. The summed E-state index contributed by atoms with van der Waals surface area (Å²) in [5, 5.41) is 13.5. The predicted molar refractivity (Wildman–Crippen MR) is 70.9 cm³/mol. The van der Waals surface area contributed by atoms with Crippen LogP contribution in [-0.2, 0) is 0 Å². The fourth-order valence-corrected chi connectivity index (χ4v) is 1.39. The number of anilines is 1. The van der Waals surface area contributed by atoms with Crippen LogP contribution in [-0.4, -0.2) is 30.4 Å². The van der Waals surface area contributed by atoms with Gasteiger partial charge >= 0.3 is 6.03 Å². The molecule has 0 aromatic heterocycles. The minimum absolute atomic E-state index is 0.00409. The van der Waals surface area contributed by atoms with Gasteiger partial charge in [0.05, 0.1) is 11.8 Å². The van der Waals surface area contributed by atoms with Gasteiger partial charge in [-0.1, -0.05) is 0 Å². The molecule has 0 saturated heterocycles. The average molecular weight is 270 g/mol. The highest BCUT2D eigenvalue weighted by atomic mass is 19.1. The Kier molecular flexibility index (Phi) is 6.08. The summed E-state index contributed by atoms with van der Waals surface area (Å²) in [6, 6.07) is 3.75. The molecule has 0 aliphatic carbocycles. The average Bonchev–Trinajstić information content (AvgIpc) is 2.32. The van der Waals surface area contributed by atoms with Crippen LogP contribution in [0.2, 0.25) is 0 Å². The van der Waals surface area contributed by atoms with Gasteiger partial charge in [0, 0.05) is 19.2 Å². The molecule has 19 heavy (non-hydrogen) atoms. The summed E-state index contributed by atoms with van der Waals surface area (Å²) in [4.78, 5) is 11.4. The third-order valence-corrected chi connectivity index (χ3v) is 2.18. The summed E-state index contributed by atoms with van der Waals surface area (Å²) in [5.74, 6) is -0.144. The molecule has 5 nitrogen and oxygen atoms in total. The smallest absolute Gasteiger partial charge is 0.319 e. The lowest BCUT2D eigenvalue weighted by atomic mass is 10.3. The van der Waals surface area contributed by atoms with E-state index in [0.29, 0.717) is 18.7 Å². The summed E-state index contributed by atoms with van der Waals surface area (Å²) in [6.45, 7) is 4.02. The van der Waals surface area contributed by atoms with Crippen LogP contribution in [0.15, 0.2) is 18.2 Å². The number of ether oxygens (including phenoxy) is 1. The molecule has 3 N–H and O–H groups in total. The summed E-state index contributed by atoms with van der Waals surface area (Å²) in [5.41, 5.74) is 0.0811. The fraction of sp³-hybridized carbons (Fsp3) is 0.462. The summed E-state index contributed by atoms with van der Waals surface area (Å²) >= 11 is 0. The Morgan fingerprint density at radius 1 is 1.47 bits per heavy atom. The number of amides is 2. The van der Waals surface area contributed by atoms with Gasteiger partial charge in [-0.15, -0.1) is 0 Å². The quantitative estimate of drug-likeness (QED) is 0.693. The molecule has 0 radical (unpaired) electrons. The van der Waals surface area contributed by atoms with Crippen molar-refractivity contribution < 1.29 is 19.0 Å². The van der Waals surface area contributed by atoms with E-state index in [1.807, 2.05) is 13.8 Å². The maximum atomic E-state index is 13.7. The maximum Gasteiger partial charge on any atom is 0.319 e. The minimum atomic E-state index is -0.560. The van der Waals surface area contributed by atoms with Crippen LogP contribution in [0.4, 0.5) is 14.9 Å². The van der Waals surface area contributed by atoms with E-state index in [2.05, 4.69) is 10.6 Å². The number of rotatable bonds is 6. The van der Waals surface area contributed by atoms with E-state index in [1.54, 1.807) is 6.07 Å². The number of hydrogen-bond donors (Lipinski definition) is 3. The molecule has 1 aromatic carbocycles. The van der Waals surface area contributed by atoms with Gasteiger partial charge < -0.3 is 20.5 Å². The molecule has 0 atom stereocenters. The predicted octanol–water partition coefficient (Wildman–Crippen LogP) is 2.12. The van der Waals surface area contributed by atoms with Crippen molar-refractivity contribution in [1.29, 1.82) is 0 Å². The van der Waals surface area contributed by atoms with E-state index >= 15 is 0 Å². The van der Waals surface area contributed by atoms with Gasteiger partial charge in [0.2, 0.25) is 0 Å². The number of carbonyl (C=O) groups excluding carboxylic acids is 1. The number of nitrogens with one attached hydrogen (secondary N) is 2. The molecule has 1 rings (SSSR count). The second kappa shape index (κ2) is 7.58. The Labute approximate surface area is 111 Å². The Balaban J connectivity index is 2.57. The lowest BCUT2D eigenvalue weighted by Crippen LogP contribution is -2.30. The number of halogens is 1. The molecule has 0 heterocycles. The minimum Gasteiger partial charge on any atom is -0.491 e. The normalized spacial score (nSPS) is 10.4. The topological polar surface area (TPSA) is 70.6 Å². The third-order valence-electron chi connectivity index (χ3n) is 2.18. The van der Waals surface area contributed by atoms with Crippen LogP contribution in [0.5, 0.6) is 5.75 Å². The van der Waals surface area contributed by atoms with E-state index in [0.717, 1.165) is 0 Å². The van der Waals surface area contributed by atoms with Gasteiger partial charge in [-0.05, 0) is 32.4 Å². The van der Waals surface area contributed by atoms with E-state index < -0.39 is 11.8 Å². The van der Waals surface area contributed by atoms with Crippen molar-refractivity contribution in [2.45, 2.75) is 26.4 Å². The highest BCUT2D eigenvalue weighted by molar-refractivity contribution is 5.89. The first kappa shape index (κ1) is 15.2. The Bertz CT molecular complexity index is 424. The molecule has 0 unspecified atom stereocenters. The first-order chi connectivity index (χ1) is 9.02. The molecular weight excluding hydrogens is 251 g/mol. The molecule has 6 heteroatoms. The summed E-state index contributed by atoms with van der Waals surface area (Å²) < 4.78 is 19.0. The van der Waals surface area contributed by atoms with Gasteiger partial charge in [-0.25, -0.2) is 9.18 Å². The highest BCUT2D eigenvalue weighted by Gasteiger charge is 2.08. The monoisotopic (exact) mass is 270 g/mol. The molecule has 106 valence electrons. The molecule has 1 aromatic rings. The van der Waals surface area contributed by atoms with Gasteiger partial charge in [0.1, 0.15) is 11.6 Å². The van der Waals surface area contributed by atoms with Crippen LogP contribution < -0.4 is 15.4 Å². The van der Waals surface area contributed by atoms with E-state index in [1.165, 1.54) is 12.1 Å². The number of urea groups is 1. The summed E-state index contributed by atoms with van der Waals surface area (Å²) in [7, 11) is 0. The lowest BCUT2D eigenvalue weighted by molar-refractivity contribution is 0.241. The van der Waals surface area contributed by atoms with Crippen LogP contribution in [0.3, 0.4) is 0 Å². The van der Waals surface area contributed by atoms with Crippen molar-refractivity contribution in [3.8, 4) is 5.75 Å². The highest BCUT2D eigenvalue weighted by Crippen LogP contribution is 2.21. The molecule has 0 aliphatic rings. The first-order valence-corrected chi connectivity index (χ1v) is 6.15. The van der Waals surface area contributed by atoms with Crippen LogP contribution >= 0.6 is 0 Å². The zero-order valence-corrected chi connectivity index (χ0v) is 11.1. The SMILES string of the molecule is CC(C)Oc1ccc(NC(=O)NCCCO)c(F)c1. The fourth-order valence-electron chi connectivity index (χ4n) is 1.39. The van der Waals surface area contributed by atoms with E-state index in [4.69, 9.17) is 9.84 Å². The number of aliphatic hydroxyl groups excluding tert-OH is 1. The number of carbonyl (C=O) groups is 1. The zero-order chi connectivity index (χ0) is 14.3. The molecule has 0 spiro atoms. The van der Waals surface area contributed by atoms with Crippen molar-refractivity contribution in [2.75, 3.05) is 18.5 Å². The van der Waals surface area contributed by atoms with Crippen molar-refractivity contribution in [1.82, 2.24) is 5.32 Å². The van der Waals surface area contributed by atoms with Gasteiger partial charge in [0.15, 0.2) is 0 Å². The van der Waals surface area contributed by atoms with Crippen molar-refractivity contribution in [2.24, 2.45) is 0 Å². The number of aliphatic hydroxyl groups is 1. The molecule has 0 saturated carbocycles. The number of benzene rings is 1. The molecular formula is C13H19FN2O3. The van der Waals surface area contributed by atoms with Crippen LogP contribution in [0.1, 0.15) is 20.3 Å². The van der Waals surface area contributed by atoms with Crippen molar-refractivity contribution >= 4 is 11.7 Å². The second-order valence-electron chi connectivity index (χ2n) is 4.27. The van der Waals surface area contributed by atoms with Gasteiger partial charge in [-0.2, -0.15) is 0 Å². The second-order valence-corrected chi connectivity index (χ2v) is 4.27. The number of hydrogen-bond acceptors (Lipinski definition) is 3. The van der Waals surface area contributed by atoms with Gasteiger partial charge in [0.25, 0.3) is 0 Å². The zero-order valence-electron chi connectivity index (χ0n) is 11.1. The van der Waals surface area contributed by atoms with Crippen molar-refractivity contribution in [3.63, 3.8) is 0 Å². The van der Waals surface area contributed by atoms with E-state index in [-0.39, 0.29) is 18.4 Å². The third kappa shape index (κ3) is 5.56. The largest absolute Gasteiger partial charge is 0.491 e. The van der Waals surface area contributed by atoms with Crippen LogP contribution in [0, 0.1) is 5.82 Å². The van der Waals surface area contributed by atoms with Crippen LogP contribution in [0.25, 0.3) is 0 Å². The van der Waals surface area contributed by atoms with E-state index in [9.17, 15) is 9.18 Å². The molecule has 0 bridgehead atoms. The molecule has 0 aliphatic heterocycles. The first-order valence-electron chi connectivity index (χ1n) is 6.15. The van der Waals surface area contributed by atoms with Crippen molar-refractivity contribution in [3.05, 3.63) is 24.0 Å². The Morgan fingerprint density at radius 2 is 2.21 bits per heavy atom. The Morgan fingerprint density at radius 3 is 2.79 bits per heavy atom.